The maximum Gasteiger partial charge on any atom is 0.228 e. The molecule has 0 unspecified atom stereocenters. The zero-order valence-corrected chi connectivity index (χ0v) is 18.6. The van der Waals surface area contributed by atoms with Crippen molar-refractivity contribution >= 4 is 18.9 Å². The summed E-state index contributed by atoms with van der Waals surface area (Å²) in [5.41, 5.74) is 1.81. The lowest BCUT2D eigenvalue weighted by atomic mass is 10.0. The third-order valence-electron chi connectivity index (χ3n) is 4.68. The van der Waals surface area contributed by atoms with Gasteiger partial charge in [-0.2, -0.15) is 10.1 Å². The summed E-state index contributed by atoms with van der Waals surface area (Å²) in [7, 11) is 5.53. The molecule has 2 aromatic heterocycles. The summed E-state index contributed by atoms with van der Waals surface area (Å²) in [4.78, 5) is 8.72. The molecule has 3 aromatic rings. The minimum absolute atomic E-state index is 0.173. The van der Waals surface area contributed by atoms with Crippen LogP contribution in [-0.2, 0) is 6.61 Å². The zero-order valence-electron chi connectivity index (χ0n) is 18.6. The van der Waals surface area contributed by atoms with Gasteiger partial charge in [0.25, 0.3) is 0 Å². The standard InChI is InChI=1S/C24H26BFN4O3/c1-3-7-17(8-4-2)16-33-24-19-14-27-30(23(19)28-22(15-31)29-24)20-10-9-18(26)13-21(20)32-12-6-5-11-25/h3-4,7-10,13-14,31H,1,5-6,11-12,15-16H2,2H3/b8-4-,17-7+. The van der Waals surface area contributed by atoms with Crippen LogP contribution >= 0.6 is 0 Å². The van der Waals surface area contributed by atoms with E-state index in [9.17, 15) is 9.50 Å². The molecule has 2 heterocycles. The number of aliphatic hydroxyl groups excluding tert-OH is 1. The number of hydrogen-bond acceptors (Lipinski definition) is 6. The predicted molar refractivity (Wildman–Crippen MR) is 126 cm³/mol. The normalized spacial score (nSPS) is 11.9. The van der Waals surface area contributed by atoms with Gasteiger partial charge in [-0.1, -0.05) is 43.6 Å². The molecule has 0 amide bonds. The Morgan fingerprint density at radius 2 is 2.12 bits per heavy atom. The number of halogens is 1. The van der Waals surface area contributed by atoms with Crippen molar-refractivity contribution in [2.45, 2.75) is 32.7 Å². The van der Waals surface area contributed by atoms with Crippen LogP contribution < -0.4 is 9.47 Å². The number of fused-ring (bicyclic) bond motifs is 1. The fraction of sp³-hybridized carbons (Fsp3) is 0.292. The van der Waals surface area contributed by atoms with Gasteiger partial charge in [0.05, 0.1) is 20.7 Å². The molecule has 170 valence electrons. The first-order valence-corrected chi connectivity index (χ1v) is 10.7. The van der Waals surface area contributed by atoms with Crippen molar-refractivity contribution in [2.75, 3.05) is 13.2 Å². The van der Waals surface area contributed by atoms with Gasteiger partial charge in [0.15, 0.2) is 11.5 Å². The summed E-state index contributed by atoms with van der Waals surface area (Å²) in [5.74, 6) is 0.353. The highest BCUT2D eigenvalue weighted by Gasteiger charge is 2.18. The smallest absolute Gasteiger partial charge is 0.228 e. The highest BCUT2D eigenvalue weighted by atomic mass is 19.1. The summed E-state index contributed by atoms with van der Waals surface area (Å²) in [6.07, 6.45) is 11.0. The van der Waals surface area contributed by atoms with E-state index in [0.717, 1.165) is 18.4 Å². The number of unbranched alkanes of at least 4 members (excludes halogenated alkanes) is 1. The Labute approximate surface area is 193 Å². The van der Waals surface area contributed by atoms with Crippen LogP contribution in [0.3, 0.4) is 0 Å². The first kappa shape index (κ1) is 24.2. The van der Waals surface area contributed by atoms with Gasteiger partial charge >= 0.3 is 0 Å². The number of hydrogen-bond donors (Lipinski definition) is 1. The van der Waals surface area contributed by atoms with E-state index >= 15 is 0 Å². The fourth-order valence-corrected chi connectivity index (χ4v) is 3.16. The lowest BCUT2D eigenvalue weighted by Gasteiger charge is -2.13. The van der Waals surface area contributed by atoms with Crippen molar-refractivity contribution in [3.63, 3.8) is 0 Å². The molecule has 0 spiro atoms. The Hall–Kier alpha value is -3.46. The van der Waals surface area contributed by atoms with Crippen molar-refractivity contribution < 1.29 is 19.0 Å². The minimum atomic E-state index is -0.427. The summed E-state index contributed by atoms with van der Waals surface area (Å²) < 4.78 is 27.2. The fourth-order valence-electron chi connectivity index (χ4n) is 3.16. The minimum Gasteiger partial charge on any atom is -0.491 e. The van der Waals surface area contributed by atoms with E-state index in [1.54, 1.807) is 18.3 Å². The lowest BCUT2D eigenvalue weighted by Crippen LogP contribution is -2.07. The SMILES string of the molecule is [B]CCCCOc1cc(F)ccc1-n1ncc2c(OCC(/C=C\C)=C/C=C)nc(CO)nc21. The van der Waals surface area contributed by atoms with Gasteiger partial charge in [0.2, 0.25) is 5.88 Å². The Morgan fingerprint density at radius 1 is 1.27 bits per heavy atom. The van der Waals surface area contributed by atoms with E-state index in [4.69, 9.17) is 17.3 Å². The predicted octanol–water partition coefficient (Wildman–Crippen LogP) is 4.26. The monoisotopic (exact) mass is 448 g/mol. The van der Waals surface area contributed by atoms with Gasteiger partial charge < -0.3 is 14.6 Å². The van der Waals surface area contributed by atoms with Crippen LogP contribution in [0.2, 0.25) is 6.32 Å². The number of nitrogens with zero attached hydrogens (tertiary/aromatic N) is 4. The number of rotatable bonds is 12. The van der Waals surface area contributed by atoms with Gasteiger partial charge in [-0.05, 0) is 31.1 Å². The molecule has 33 heavy (non-hydrogen) atoms. The number of aliphatic hydroxyl groups is 1. The van der Waals surface area contributed by atoms with Crippen LogP contribution in [0.25, 0.3) is 16.7 Å². The van der Waals surface area contributed by atoms with Gasteiger partial charge in [-0.25, -0.2) is 14.1 Å². The molecule has 7 nitrogen and oxygen atoms in total. The maximum atomic E-state index is 13.9. The molecule has 0 aliphatic rings. The third-order valence-corrected chi connectivity index (χ3v) is 4.68. The quantitative estimate of drug-likeness (QED) is 0.253. The van der Waals surface area contributed by atoms with Gasteiger partial charge in [0, 0.05) is 6.07 Å². The summed E-state index contributed by atoms with van der Waals surface area (Å²) >= 11 is 0. The molecule has 0 aliphatic carbocycles. The Bertz CT molecular complexity index is 1160. The van der Waals surface area contributed by atoms with Gasteiger partial charge in [-0.3, -0.25) is 0 Å². The van der Waals surface area contributed by atoms with Gasteiger partial charge in [0.1, 0.15) is 35.9 Å². The van der Waals surface area contributed by atoms with E-state index in [1.807, 2.05) is 25.2 Å². The van der Waals surface area contributed by atoms with Crippen LogP contribution in [-0.4, -0.2) is 45.9 Å². The van der Waals surface area contributed by atoms with Crippen molar-refractivity contribution in [3.05, 3.63) is 72.5 Å². The second kappa shape index (κ2) is 12.0. The molecular weight excluding hydrogens is 422 g/mol. The van der Waals surface area contributed by atoms with E-state index in [-0.39, 0.29) is 24.9 Å². The molecule has 0 atom stereocenters. The van der Waals surface area contributed by atoms with Crippen molar-refractivity contribution in [3.8, 4) is 17.3 Å². The molecule has 1 aromatic carbocycles. The van der Waals surface area contributed by atoms with Crippen LogP contribution in [0.5, 0.6) is 11.6 Å². The number of ether oxygens (including phenoxy) is 2. The highest BCUT2D eigenvalue weighted by Crippen LogP contribution is 2.30. The molecule has 9 heteroatoms. The van der Waals surface area contributed by atoms with Crippen molar-refractivity contribution in [1.29, 1.82) is 0 Å². The largest absolute Gasteiger partial charge is 0.491 e. The number of allylic oxidation sites excluding steroid dienone is 3. The maximum absolute atomic E-state index is 13.9. The topological polar surface area (TPSA) is 82.3 Å². The summed E-state index contributed by atoms with van der Waals surface area (Å²) in [6.45, 7) is 5.87. The first-order chi connectivity index (χ1) is 16.1. The average molecular weight is 448 g/mol. The zero-order chi connectivity index (χ0) is 23.6. The number of benzene rings is 1. The molecular formula is C24H26BFN4O3. The Morgan fingerprint density at radius 3 is 2.85 bits per heavy atom. The molecule has 0 fully saturated rings. The van der Waals surface area contributed by atoms with Crippen molar-refractivity contribution in [1.82, 2.24) is 19.7 Å². The van der Waals surface area contributed by atoms with Crippen LogP contribution in [0.4, 0.5) is 4.39 Å². The Balaban J connectivity index is 2.00. The van der Waals surface area contributed by atoms with Crippen LogP contribution in [0.15, 0.2) is 60.9 Å². The molecule has 0 aliphatic heterocycles. The second-order valence-electron chi connectivity index (χ2n) is 7.12. The third kappa shape index (κ3) is 6.07. The summed E-state index contributed by atoms with van der Waals surface area (Å²) in [6, 6.07) is 4.20. The summed E-state index contributed by atoms with van der Waals surface area (Å²) in [5, 5.41) is 14.7. The molecule has 2 radical (unpaired) electrons. The van der Waals surface area contributed by atoms with Crippen LogP contribution in [0, 0.1) is 5.82 Å². The highest BCUT2D eigenvalue weighted by molar-refractivity contribution is 6.08. The van der Waals surface area contributed by atoms with E-state index in [2.05, 4.69) is 21.6 Å². The molecule has 0 saturated heterocycles. The van der Waals surface area contributed by atoms with E-state index < -0.39 is 5.82 Å². The van der Waals surface area contributed by atoms with E-state index in [1.165, 1.54) is 16.8 Å². The second-order valence-corrected chi connectivity index (χ2v) is 7.12. The molecule has 0 bridgehead atoms. The lowest BCUT2D eigenvalue weighted by molar-refractivity contribution is 0.267. The first-order valence-electron chi connectivity index (χ1n) is 10.7. The van der Waals surface area contributed by atoms with E-state index in [0.29, 0.717) is 35.4 Å². The van der Waals surface area contributed by atoms with Crippen molar-refractivity contribution in [2.24, 2.45) is 0 Å². The molecule has 1 N–H and O–H groups in total. The molecule has 0 saturated carbocycles. The van der Waals surface area contributed by atoms with Gasteiger partial charge in [-0.15, -0.1) is 0 Å². The van der Waals surface area contributed by atoms with Crippen LogP contribution in [0.1, 0.15) is 25.6 Å². The number of aromatic nitrogens is 4. The average Bonchev–Trinajstić information content (AvgIpc) is 3.24. The Kier molecular flexibility index (Phi) is 8.77. The molecule has 3 rings (SSSR count).